The van der Waals surface area contributed by atoms with Crippen LogP contribution in [0, 0.1) is 0 Å². The number of carbonyl (C=O) groups is 2. The van der Waals surface area contributed by atoms with Gasteiger partial charge in [-0.2, -0.15) is 0 Å². The molecule has 0 spiro atoms. The monoisotopic (exact) mass is 362 g/mol. The summed E-state index contributed by atoms with van der Waals surface area (Å²) in [5, 5.41) is 4.88. The lowest BCUT2D eigenvalue weighted by molar-refractivity contribution is 0.0929. The van der Waals surface area contributed by atoms with Crippen LogP contribution in [-0.4, -0.2) is 23.3 Å². The van der Waals surface area contributed by atoms with Gasteiger partial charge in [-0.1, -0.05) is 25.1 Å². The van der Waals surface area contributed by atoms with E-state index in [1.807, 2.05) is 37.3 Å². The van der Waals surface area contributed by atoms with Crippen LogP contribution < -0.4 is 16.2 Å². The molecular formula is C21H22N4O2. The third kappa shape index (κ3) is 4.89. The van der Waals surface area contributed by atoms with E-state index in [-0.39, 0.29) is 11.8 Å². The zero-order chi connectivity index (χ0) is 19.1. The molecule has 6 nitrogen and oxygen atoms in total. The second-order valence-electron chi connectivity index (χ2n) is 6.20. The van der Waals surface area contributed by atoms with Gasteiger partial charge in [-0.05, 0) is 47.7 Å². The van der Waals surface area contributed by atoms with Crippen LogP contribution >= 0.6 is 0 Å². The quantitative estimate of drug-likeness (QED) is 0.446. The Hall–Kier alpha value is -3.25. The van der Waals surface area contributed by atoms with Crippen LogP contribution in [0.3, 0.4) is 0 Å². The number of aromatic nitrogens is 1. The maximum absolute atomic E-state index is 12.4. The lowest BCUT2D eigenvalue weighted by Gasteiger charge is -2.08. The molecule has 2 aromatic carbocycles. The van der Waals surface area contributed by atoms with Crippen LogP contribution in [0.25, 0.3) is 10.8 Å². The first kappa shape index (κ1) is 18.5. The van der Waals surface area contributed by atoms with Crippen molar-refractivity contribution in [2.45, 2.75) is 19.9 Å². The maximum Gasteiger partial charge on any atom is 0.265 e. The molecule has 0 aliphatic rings. The molecule has 0 aliphatic heterocycles. The second-order valence-corrected chi connectivity index (χ2v) is 6.20. The molecule has 0 saturated carbocycles. The summed E-state index contributed by atoms with van der Waals surface area (Å²) in [6.45, 7) is 3.14. The second kappa shape index (κ2) is 8.91. The van der Waals surface area contributed by atoms with Crippen molar-refractivity contribution in [3.63, 3.8) is 0 Å². The first-order valence-corrected chi connectivity index (χ1v) is 8.91. The standard InChI is InChI=1S/C21H22N4O2/c1-2-10-24-25-21(27)16-5-3-15(4-6-16)13-23-20(26)18-7-8-19-14-22-11-9-17(19)12-18/h3-9,11-12,14,24H,2,10,13H2,1H3,(H,23,26)(H,25,27). The average Bonchev–Trinajstić information content (AvgIpc) is 2.72. The van der Waals surface area contributed by atoms with Gasteiger partial charge < -0.3 is 5.32 Å². The maximum atomic E-state index is 12.4. The first-order chi connectivity index (χ1) is 13.2. The normalized spacial score (nSPS) is 10.6. The number of nitrogens with zero attached hydrogens (tertiary/aromatic N) is 1. The molecule has 0 fully saturated rings. The number of benzene rings is 2. The smallest absolute Gasteiger partial charge is 0.265 e. The molecule has 0 atom stereocenters. The van der Waals surface area contributed by atoms with Crippen molar-refractivity contribution in [2.24, 2.45) is 0 Å². The fourth-order valence-electron chi connectivity index (χ4n) is 2.62. The van der Waals surface area contributed by atoms with E-state index >= 15 is 0 Å². The third-order valence-electron chi connectivity index (χ3n) is 4.15. The zero-order valence-corrected chi connectivity index (χ0v) is 15.2. The van der Waals surface area contributed by atoms with Gasteiger partial charge in [0.05, 0.1) is 0 Å². The molecule has 1 heterocycles. The van der Waals surface area contributed by atoms with Crippen molar-refractivity contribution < 1.29 is 9.59 Å². The largest absolute Gasteiger partial charge is 0.348 e. The van der Waals surface area contributed by atoms with E-state index in [0.29, 0.717) is 17.7 Å². The summed E-state index contributed by atoms with van der Waals surface area (Å²) < 4.78 is 0. The van der Waals surface area contributed by atoms with E-state index in [9.17, 15) is 9.59 Å². The summed E-state index contributed by atoms with van der Waals surface area (Å²) in [5.74, 6) is -0.316. The Labute approximate surface area is 158 Å². The number of fused-ring (bicyclic) bond motifs is 1. The number of nitrogens with one attached hydrogen (secondary N) is 3. The summed E-state index contributed by atoms with van der Waals surface area (Å²) in [7, 11) is 0. The highest BCUT2D eigenvalue weighted by molar-refractivity contribution is 5.98. The molecule has 3 rings (SSSR count). The van der Waals surface area contributed by atoms with Gasteiger partial charge in [-0.25, -0.2) is 5.43 Å². The summed E-state index contributed by atoms with van der Waals surface area (Å²) in [4.78, 5) is 28.4. The zero-order valence-electron chi connectivity index (χ0n) is 15.2. The van der Waals surface area contributed by atoms with Crippen LogP contribution in [0.1, 0.15) is 39.6 Å². The van der Waals surface area contributed by atoms with Crippen molar-refractivity contribution in [2.75, 3.05) is 6.54 Å². The molecule has 138 valence electrons. The minimum Gasteiger partial charge on any atom is -0.348 e. The summed E-state index contributed by atoms with van der Waals surface area (Å²) in [6, 6.07) is 14.6. The highest BCUT2D eigenvalue weighted by atomic mass is 16.2. The van der Waals surface area contributed by atoms with Gasteiger partial charge in [0.1, 0.15) is 0 Å². The molecular weight excluding hydrogens is 340 g/mol. The number of hydrogen-bond acceptors (Lipinski definition) is 4. The fraction of sp³-hybridized carbons (Fsp3) is 0.190. The van der Waals surface area contributed by atoms with Gasteiger partial charge in [0.25, 0.3) is 11.8 Å². The Morgan fingerprint density at radius 3 is 2.48 bits per heavy atom. The highest BCUT2D eigenvalue weighted by Crippen LogP contribution is 2.14. The van der Waals surface area contributed by atoms with Crippen molar-refractivity contribution in [1.82, 2.24) is 21.2 Å². The molecule has 27 heavy (non-hydrogen) atoms. The van der Waals surface area contributed by atoms with Gasteiger partial charge in [-0.3, -0.25) is 20.0 Å². The van der Waals surface area contributed by atoms with Gasteiger partial charge in [-0.15, -0.1) is 0 Å². The van der Waals surface area contributed by atoms with Crippen LogP contribution in [0.2, 0.25) is 0 Å². The van der Waals surface area contributed by atoms with Gasteiger partial charge in [0.15, 0.2) is 0 Å². The molecule has 2 amide bonds. The number of pyridine rings is 1. The Bertz CT molecular complexity index is 938. The number of carbonyl (C=O) groups excluding carboxylic acids is 2. The SMILES string of the molecule is CCCNNC(=O)c1ccc(CNC(=O)c2ccc3cnccc3c2)cc1. The Kier molecular flexibility index (Phi) is 6.12. The van der Waals surface area contributed by atoms with Gasteiger partial charge in [0, 0.05) is 42.0 Å². The molecule has 6 heteroatoms. The summed E-state index contributed by atoms with van der Waals surface area (Å²) >= 11 is 0. The summed E-state index contributed by atoms with van der Waals surface area (Å²) in [6.07, 6.45) is 4.42. The highest BCUT2D eigenvalue weighted by Gasteiger charge is 2.08. The Balaban J connectivity index is 1.57. The van der Waals surface area contributed by atoms with E-state index in [1.165, 1.54) is 0 Å². The van der Waals surface area contributed by atoms with Gasteiger partial charge >= 0.3 is 0 Å². The topological polar surface area (TPSA) is 83.1 Å². The predicted octanol–water partition coefficient (Wildman–Crippen LogP) is 2.81. The molecule has 1 aromatic heterocycles. The lowest BCUT2D eigenvalue weighted by Crippen LogP contribution is -2.37. The molecule has 0 unspecified atom stereocenters. The Morgan fingerprint density at radius 2 is 1.70 bits per heavy atom. The fourth-order valence-corrected chi connectivity index (χ4v) is 2.62. The van der Waals surface area contributed by atoms with E-state index in [0.717, 1.165) is 29.3 Å². The molecule has 0 radical (unpaired) electrons. The summed E-state index contributed by atoms with van der Waals surface area (Å²) in [5.41, 5.74) is 7.59. The number of hydrogen-bond donors (Lipinski definition) is 3. The van der Waals surface area contributed by atoms with Crippen LogP contribution in [0.5, 0.6) is 0 Å². The van der Waals surface area contributed by atoms with Crippen molar-refractivity contribution in [3.8, 4) is 0 Å². The minimum absolute atomic E-state index is 0.140. The minimum atomic E-state index is -0.176. The van der Waals surface area contributed by atoms with Crippen molar-refractivity contribution >= 4 is 22.6 Å². The van der Waals surface area contributed by atoms with E-state index in [4.69, 9.17) is 0 Å². The van der Waals surface area contributed by atoms with Gasteiger partial charge in [0.2, 0.25) is 0 Å². The molecule has 0 saturated heterocycles. The molecule has 0 aliphatic carbocycles. The van der Waals surface area contributed by atoms with Crippen LogP contribution in [0.4, 0.5) is 0 Å². The van der Waals surface area contributed by atoms with E-state index < -0.39 is 0 Å². The van der Waals surface area contributed by atoms with Crippen LogP contribution in [-0.2, 0) is 6.54 Å². The first-order valence-electron chi connectivity index (χ1n) is 8.91. The molecule has 3 N–H and O–H groups in total. The van der Waals surface area contributed by atoms with Crippen molar-refractivity contribution in [1.29, 1.82) is 0 Å². The molecule has 3 aromatic rings. The number of rotatable bonds is 7. The van der Waals surface area contributed by atoms with Crippen molar-refractivity contribution in [3.05, 3.63) is 77.6 Å². The lowest BCUT2D eigenvalue weighted by atomic mass is 10.1. The Morgan fingerprint density at radius 1 is 0.926 bits per heavy atom. The molecule has 0 bridgehead atoms. The van der Waals surface area contributed by atoms with E-state index in [1.54, 1.807) is 30.6 Å². The van der Waals surface area contributed by atoms with Crippen LogP contribution in [0.15, 0.2) is 60.9 Å². The number of amides is 2. The third-order valence-corrected chi connectivity index (χ3v) is 4.15. The number of hydrazine groups is 1. The predicted molar refractivity (Wildman–Crippen MR) is 105 cm³/mol. The average molecular weight is 362 g/mol. The van der Waals surface area contributed by atoms with E-state index in [2.05, 4.69) is 21.2 Å².